The number of pyridine rings is 1. The summed E-state index contributed by atoms with van der Waals surface area (Å²) in [4.78, 5) is 6.98. The quantitative estimate of drug-likeness (QED) is 0.869. The monoisotopic (exact) mass is 233 g/mol. The fourth-order valence-corrected chi connectivity index (χ4v) is 2.59. The van der Waals surface area contributed by atoms with Crippen molar-refractivity contribution >= 4 is 5.82 Å². The molecule has 1 fully saturated rings. The smallest absolute Gasteiger partial charge is 0.129 e. The summed E-state index contributed by atoms with van der Waals surface area (Å²) in [5.74, 6) is 1.90. The van der Waals surface area contributed by atoms with Gasteiger partial charge in [-0.25, -0.2) is 4.98 Å². The van der Waals surface area contributed by atoms with Gasteiger partial charge in [0.05, 0.1) is 0 Å². The van der Waals surface area contributed by atoms with Crippen LogP contribution in [-0.2, 0) is 6.54 Å². The normalized spacial score (nSPS) is 25.0. The number of hydrogen-bond donors (Lipinski definition) is 1. The first-order valence-corrected chi connectivity index (χ1v) is 6.58. The molecule has 2 atom stereocenters. The Hall–Kier alpha value is -1.09. The lowest BCUT2D eigenvalue weighted by Gasteiger charge is -2.38. The van der Waals surface area contributed by atoms with Crippen LogP contribution in [0.1, 0.15) is 32.3 Å². The maximum Gasteiger partial charge on any atom is 0.129 e. The molecule has 1 saturated heterocycles. The maximum atomic E-state index is 4.53. The van der Waals surface area contributed by atoms with Gasteiger partial charge in [-0.3, -0.25) is 0 Å². The Balaban J connectivity index is 2.17. The van der Waals surface area contributed by atoms with Gasteiger partial charge in [0.1, 0.15) is 5.82 Å². The molecule has 0 saturated carbocycles. The average molecular weight is 233 g/mol. The van der Waals surface area contributed by atoms with Crippen LogP contribution in [0, 0.1) is 5.92 Å². The van der Waals surface area contributed by atoms with Gasteiger partial charge in [-0.05, 0) is 50.4 Å². The molecule has 0 amide bonds. The number of rotatable bonds is 3. The maximum absolute atomic E-state index is 4.53. The fraction of sp³-hybridized carbons (Fsp3) is 0.643. The zero-order valence-corrected chi connectivity index (χ0v) is 11.1. The topological polar surface area (TPSA) is 28.2 Å². The second kappa shape index (κ2) is 5.50. The summed E-state index contributed by atoms with van der Waals surface area (Å²) in [5.41, 5.74) is 1.31. The van der Waals surface area contributed by atoms with Crippen LogP contribution in [-0.4, -0.2) is 24.6 Å². The van der Waals surface area contributed by atoms with E-state index in [1.807, 2.05) is 13.2 Å². The minimum absolute atomic E-state index is 0.598. The molecule has 0 spiro atoms. The van der Waals surface area contributed by atoms with Crippen LogP contribution in [0.3, 0.4) is 0 Å². The van der Waals surface area contributed by atoms with Crippen LogP contribution >= 0.6 is 0 Å². The Bertz CT molecular complexity index is 364. The van der Waals surface area contributed by atoms with Crippen LogP contribution in [0.25, 0.3) is 0 Å². The van der Waals surface area contributed by atoms with E-state index in [1.54, 1.807) is 0 Å². The van der Waals surface area contributed by atoms with Crippen molar-refractivity contribution in [1.29, 1.82) is 0 Å². The summed E-state index contributed by atoms with van der Waals surface area (Å²) in [6.07, 6.45) is 4.55. The van der Waals surface area contributed by atoms with E-state index in [-0.39, 0.29) is 0 Å². The van der Waals surface area contributed by atoms with Crippen molar-refractivity contribution in [2.45, 2.75) is 39.3 Å². The fourth-order valence-electron chi connectivity index (χ4n) is 2.59. The third kappa shape index (κ3) is 2.78. The summed E-state index contributed by atoms with van der Waals surface area (Å²) in [6, 6.07) is 4.89. The molecule has 0 aromatic carbocycles. The van der Waals surface area contributed by atoms with Crippen molar-refractivity contribution in [1.82, 2.24) is 10.3 Å². The average Bonchev–Trinajstić information content (AvgIpc) is 2.33. The minimum Gasteiger partial charge on any atom is -0.354 e. The van der Waals surface area contributed by atoms with Gasteiger partial charge in [0.2, 0.25) is 0 Å². The molecule has 1 aromatic rings. The van der Waals surface area contributed by atoms with Crippen LogP contribution in [0.15, 0.2) is 18.3 Å². The number of nitrogens with zero attached hydrogens (tertiary/aromatic N) is 2. The van der Waals surface area contributed by atoms with E-state index >= 15 is 0 Å². The van der Waals surface area contributed by atoms with Gasteiger partial charge in [0.25, 0.3) is 0 Å². The first-order chi connectivity index (χ1) is 8.22. The Labute approximate surface area is 104 Å². The van der Waals surface area contributed by atoms with E-state index in [1.165, 1.54) is 18.4 Å². The Morgan fingerprint density at radius 1 is 1.47 bits per heavy atom. The molecule has 0 radical (unpaired) electrons. The lowest BCUT2D eigenvalue weighted by Crippen LogP contribution is -2.42. The Morgan fingerprint density at radius 3 is 3.06 bits per heavy atom. The molecule has 2 unspecified atom stereocenters. The summed E-state index contributed by atoms with van der Waals surface area (Å²) in [7, 11) is 1.98. The molecule has 3 heteroatoms. The van der Waals surface area contributed by atoms with Crippen molar-refractivity contribution in [3.63, 3.8) is 0 Å². The summed E-state index contributed by atoms with van der Waals surface area (Å²) in [6.45, 7) is 6.71. The second-order valence-corrected chi connectivity index (χ2v) is 5.11. The van der Waals surface area contributed by atoms with E-state index in [2.05, 4.69) is 41.2 Å². The molecule has 94 valence electrons. The predicted molar refractivity (Wildman–Crippen MR) is 72.2 cm³/mol. The molecule has 1 aliphatic heterocycles. The van der Waals surface area contributed by atoms with Crippen molar-refractivity contribution in [3.05, 3.63) is 23.9 Å². The zero-order valence-electron chi connectivity index (χ0n) is 11.1. The Morgan fingerprint density at radius 2 is 2.29 bits per heavy atom. The van der Waals surface area contributed by atoms with E-state index < -0.39 is 0 Å². The molecule has 2 heterocycles. The Kier molecular flexibility index (Phi) is 4.00. The van der Waals surface area contributed by atoms with Gasteiger partial charge >= 0.3 is 0 Å². The van der Waals surface area contributed by atoms with Gasteiger partial charge in [-0.1, -0.05) is 6.92 Å². The highest BCUT2D eigenvalue weighted by Crippen LogP contribution is 2.27. The third-order valence-electron chi connectivity index (χ3n) is 3.86. The summed E-state index contributed by atoms with van der Waals surface area (Å²) < 4.78 is 0. The summed E-state index contributed by atoms with van der Waals surface area (Å²) in [5, 5.41) is 3.19. The number of hydrogen-bond acceptors (Lipinski definition) is 3. The second-order valence-electron chi connectivity index (χ2n) is 5.11. The number of piperidine rings is 1. The molecule has 17 heavy (non-hydrogen) atoms. The van der Waals surface area contributed by atoms with Gasteiger partial charge in [0.15, 0.2) is 0 Å². The van der Waals surface area contributed by atoms with Crippen molar-refractivity contribution < 1.29 is 0 Å². The lowest BCUT2D eigenvalue weighted by molar-refractivity contribution is 0.361. The lowest BCUT2D eigenvalue weighted by atomic mass is 9.92. The van der Waals surface area contributed by atoms with Crippen LogP contribution in [0.2, 0.25) is 0 Å². The third-order valence-corrected chi connectivity index (χ3v) is 3.86. The van der Waals surface area contributed by atoms with Crippen molar-refractivity contribution in [2.24, 2.45) is 5.92 Å². The largest absolute Gasteiger partial charge is 0.354 e. The first kappa shape index (κ1) is 12.4. The van der Waals surface area contributed by atoms with Crippen LogP contribution < -0.4 is 10.2 Å². The SMILES string of the molecule is CNCc1ccnc(N2CCCC(C)C2C)c1. The van der Waals surface area contributed by atoms with Gasteiger partial charge in [-0.15, -0.1) is 0 Å². The minimum atomic E-state index is 0.598. The molecular weight excluding hydrogens is 210 g/mol. The van der Waals surface area contributed by atoms with Crippen LogP contribution in [0.5, 0.6) is 0 Å². The zero-order chi connectivity index (χ0) is 12.3. The van der Waals surface area contributed by atoms with Crippen LogP contribution in [0.4, 0.5) is 5.82 Å². The number of aromatic nitrogens is 1. The van der Waals surface area contributed by atoms with E-state index in [0.717, 1.165) is 24.8 Å². The molecule has 1 aliphatic rings. The standard InChI is InChI=1S/C14H23N3/c1-11-5-4-8-17(12(11)2)14-9-13(10-15-3)6-7-16-14/h6-7,9,11-12,15H,4-5,8,10H2,1-3H3. The van der Waals surface area contributed by atoms with Gasteiger partial charge in [0, 0.05) is 25.3 Å². The molecular formula is C14H23N3. The number of nitrogens with one attached hydrogen (secondary N) is 1. The molecule has 2 rings (SSSR count). The first-order valence-electron chi connectivity index (χ1n) is 6.58. The number of anilines is 1. The van der Waals surface area contributed by atoms with Gasteiger partial charge < -0.3 is 10.2 Å². The highest BCUT2D eigenvalue weighted by Gasteiger charge is 2.25. The van der Waals surface area contributed by atoms with E-state index in [9.17, 15) is 0 Å². The molecule has 1 N–H and O–H groups in total. The molecule has 3 nitrogen and oxygen atoms in total. The molecule has 0 bridgehead atoms. The van der Waals surface area contributed by atoms with Crippen molar-refractivity contribution in [3.8, 4) is 0 Å². The predicted octanol–water partition coefficient (Wildman–Crippen LogP) is 2.43. The summed E-state index contributed by atoms with van der Waals surface area (Å²) >= 11 is 0. The van der Waals surface area contributed by atoms with Crippen molar-refractivity contribution in [2.75, 3.05) is 18.5 Å². The highest BCUT2D eigenvalue weighted by atomic mass is 15.2. The molecule has 0 aliphatic carbocycles. The van der Waals surface area contributed by atoms with E-state index in [4.69, 9.17) is 0 Å². The van der Waals surface area contributed by atoms with Gasteiger partial charge in [-0.2, -0.15) is 0 Å². The molecule has 1 aromatic heterocycles. The van der Waals surface area contributed by atoms with E-state index in [0.29, 0.717) is 6.04 Å². The highest BCUT2D eigenvalue weighted by molar-refractivity contribution is 5.42.